The third-order valence-electron chi connectivity index (χ3n) is 6.01. The van der Waals surface area contributed by atoms with Crippen LogP contribution in [0.1, 0.15) is 66.9 Å². The summed E-state index contributed by atoms with van der Waals surface area (Å²) >= 11 is 0. The van der Waals surface area contributed by atoms with Crippen molar-refractivity contribution in [2.45, 2.75) is 57.3 Å². The van der Waals surface area contributed by atoms with E-state index in [4.69, 9.17) is 0 Å². The van der Waals surface area contributed by atoms with Crippen LogP contribution in [0.3, 0.4) is 0 Å². The largest absolute Gasteiger partial charge is 0.293 e. The number of hydrogen-bond donors (Lipinski definition) is 0. The number of Topliss-reactive ketones (excluding diaryl/α,β-unsaturated/α-hetero) is 1. The Hall–Kier alpha value is -1.97. The van der Waals surface area contributed by atoms with Crippen molar-refractivity contribution < 1.29 is 14.4 Å². The Morgan fingerprint density at radius 1 is 1.17 bits per heavy atom. The summed E-state index contributed by atoms with van der Waals surface area (Å²) in [6, 6.07) is 5.68. The van der Waals surface area contributed by atoms with Crippen LogP contribution in [0.4, 0.5) is 0 Å². The number of likely N-dealkylation sites (tertiary alicyclic amines) is 1. The molecule has 126 valence electrons. The summed E-state index contributed by atoms with van der Waals surface area (Å²) in [6.45, 7) is 2.59. The molecule has 4 nitrogen and oxygen atoms in total. The smallest absolute Gasteiger partial charge is 0.241 e. The molecule has 3 aliphatic rings. The van der Waals surface area contributed by atoms with E-state index < -0.39 is 11.3 Å². The number of imide groups is 1. The van der Waals surface area contributed by atoms with E-state index in [1.165, 1.54) is 4.90 Å². The molecule has 1 heterocycles. The maximum absolute atomic E-state index is 13.3. The number of nitrogens with zero attached hydrogens (tertiary/aromatic N) is 1. The number of hydrogen-bond acceptors (Lipinski definition) is 3. The monoisotopic (exact) mass is 325 g/mol. The highest BCUT2D eigenvalue weighted by molar-refractivity contribution is 6.27. The van der Waals surface area contributed by atoms with Crippen LogP contribution < -0.4 is 0 Å². The molecule has 1 saturated heterocycles. The van der Waals surface area contributed by atoms with Gasteiger partial charge in [-0.05, 0) is 36.8 Å². The lowest BCUT2D eigenvalue weighted by atomic mass is 9.67. The summed E-state index contributed by atoms with van der Waals surface area (Å²) in [6.07, 6.45) is 6.45. The van der Waals surface area contributed by atoms with Gasteiger partial charge in [0.1, 0.15) is 5.92 Å². The van der Waals surface area contributed by atoms with Crippen LogP contribution in [0, 0.1) is 5.92 Å². The van der Waals surface area contributed by atoms with E-state index in [1.54, 1.807) is 6.07 Å². The molecule has 0 bridgehead atoms. The minimum atomic E-state index is -0.886. The first-order valence-corrected chi connectivity index (χ1v) is 9.15. The summed E-state index contributed by atoms with van der Waals surface area (Å²) in [7, 11) is 0. The predicted octanol–water partition coefficient (Wildman–Crippen LogP) is 3.02. The second kappa shape index (κ2) is 5.54. The van der Waals surface area contributed by atoms with Crippen LogP contribution >= 0.6 is 0 Å². The maximum Gasteiger partial charge on any atom is 0.241 e. The Kier molecular flexibility index (Phi) is 3.59. The highest BCUT2D eigenvalue weighted by atomic mass is 16.2. The van der Waals surface area contributed by atoms with Crippen molar-refractivity contribution in [1.82, 2.24) is 4.90 Å². The van der Waals surface area contributed by atoms with Crippen LogP contribution in [0.2, 0.25) is 0 Å². The minimum Gasteiger partial charge on any atom is -0.293 e. The lowest BCUT2D eigenvalue weighted by Gasteiger charge is -2.32. The highest BCUT2D eigenvalue weighted by Gasteiger charge is 2.68. The molecule has 1 aromatic rings. The van der Waals surface area contributed by atoms with Crippen molar-refractivity contribution in [2.75, 3.05) is 6.54 Å². The number of benzene rings is 1. The topological polar surface area (TPSA) is 54.5 Å². The number of carbonyl (C=O) groups is 3. The van der Waals surface area contributed by atoms with Gasteiger partial charge in [0, 0.05) is 12.1 Å². The van der Waals surface area contributed by atoms with Gasteiger partial charge in [-0.2, -0.15) is 0 Å². The summed E-state index contributed by atoms with van der Waals surface area (Å²) in [4.78, 5) is 40.5. The molecule has 1 aromatic carbocycles. The molecule has 2 amide bonds. The van der Waals surface area contributed by atoms with Crippen LogP contribution in [0.15, 0.2) is 18.2 Å². The van der Waals surface area contributed by atoms with Gasteiger partial charge >= 0.3 is 0 Å². The van der Waals surface area contributed by atoms with Crippen molar-refractivity contribution in [3.8, 4) is 0 Å². The summed E-state index contributed by atoms with van der Waals surface area (Å²) in [5.74, 6) is -1.31. The number of rotatable bonds is 5. The zero-order valence-corrected chi connectivity index (χ0v) is 14.1. The van der Waals surface area contributed by atoms with E-state index in [0.717, 1.165) is 49.7 Å². The van der Waals surface area contributed by atoms with Crippen molar-refractivity contribution in [1.29, 1.82) is 0 Å². The van der Waals surface area contributed by atoms with Crippen LogP contribution in [0.25, 0.3) is 0 Å². The molecule has 1 spiro atoms. The fourth-order valence-electron chi connectivity index (χ4n) is 4.96. The van der Waals surface area contributed by atoms with Crippen molar-refractivity contribution in [2.24, 2.45) is 5.92 Å². The normalized spacial score (nSPS) is 27.6. The van der Waals surface area contributed by atoms with Gasteiger partial charge in [0.25, 0.3) is 0 Å². The number of carbonyl (C=O) groups excluding carboxylic acids is 3. The van der Waals surface area contributed by atoms with E-state index >= 15 is 0 Å². The SMILES string of the molecule is CCCCCCN1C(=O)C2C(=O)c3cccc4c3C2(CCC4)C1=O. The molecule has 0 aromatic heterocycles. The van der Waals surface area contributed by atoms with E-state index in [1.807, 2.05) is 12.1 Å². The summed E-state index contributed by atoms with van der Waals surface area (Å²) < 4.78 is 0. The molecule has 4 rings (SSSR count). The van der Waals surface area contributed by atoms with Crippen molar-refractivity contribution in [3.63, 3.8) is 0 Å². The number of amides is 2. The standard InChI is InChI=1S/C20H23NO3/c1-2-3-4-5-12-21-18(23)16-17(22)14-10-6-8-13-9-7-11-20(16,15(13)14)19(21)24/h6,8,10,16H,2-5,7,9,11-12H2,1H3. The Morgan fingerprint density at radius 3 is 2.79 bits per heavy atom. The molecule has 2 unspecified atom stereocenters. The Bertz CT molecular complexity index is 738. The fourth-order valence-corrected chi connectivity index (χ4v) is 4.96. The molecule has 0 N–H and O–H groups in total. The molecule has 1 aliphatic heterocycles. The molecule has 24 heavy (non-hydrogen) atoms. The number of unbranched alkanes of at least 4 members (excludes halogenated alkanes) is 3. The first kappa shape index (κ1) is 15.6. The second-order valence-corrected chi connectivity index (χ2v) is 7.32. The second-order valence-electron chi connectivity index (χ2n) is 7.32. The van der Waals surface area contributed by atoms with Gasteiger partial charge in [0.2, 0.25) is 11.8 Å². The molecular weight excluding hydrogens is 302 g/mol. The third kappa shape index (κ3) is 1.83. The zero-order chi connectivity index (χ0) is 16.9. The van der Waals surface area contributed by atoms with Crippen molar-refractivity contribution >= 4 is 17.6 Å². The molecule has 2 aliphatic carbocycles. The van der Waals surface area contributed by atoms with Crippen molar-refractivity contribution in [3.05, 3.63) is 34.9 Å². The Morgan fingerprint density at radius 2 is 2.00 bits per heavy atom. The van der Waals surface area contributed by atoms with Gasteiger partial charge in [-0.3, -0.25) is 19.3 Å². The molecular formula is C20H23NO3. The Balaban J connectivity index is 1.73. The van der Waals surface area contributed by atoms with Gasteiger partial charge in [-0.15, -0.1) is 0 Å². The summed E-state index contributed by atoms with van der Waals surface area (Å²) in [5.41, 5.74) is 1.69. The minimum absolute atomic E-state index is 0.117. The first-order valence-electron chi connectivity index (χ1n) is 9.15. The highest BCUT2D eigenvalue weighted by Crippen LogP contribution is 2.55. The van der Waals surface area contributed by atoms with E-state index in [9.17, 15) is 14.4 Å². The molecule has 4 heteroatoms. The summed E-state index contributed by atoms with van der Waals surface area (Å²) in [5, 5.41) is 0. The first-order chi connectivity index (χ1) is 11.6. The lowest BCUT2D eigenvalue weighted by Crippen LogP contribution is -2.42. The quantitative estimate of drug-likeness (QED) is 0.475. The lowest BCUT2D eigenvalue weighted by molar-refractivity contribution is -0.140. The van der Waals surface area contributed by atoms with E-state index in [-0.39, 0.29) is 17.6 Å². The van der Waals surface area contributed by atoms with Gasteiger partial charge in [0.15, 0.2) is 5.78 Å². The number of ketones is 1. The fraction of sp³-hybridized carbons (Fsp3) is 0.550. The maximum atomic E-state index is 13.3. The van der Waals surface area contributed by atoms with Gasteiger partial charge < -0.3 is 0 Å². The number of aryl methyl sites for hydroxylation is 1. The van der Waals surface area contributed by atoms with Crippen LogP contribution in [-0.2, 0) is 21.4 Å². The zero-order valence-electron chi connectivity index (χ0n) is 14.1. The molecule has 0 saturated carbocycles. The molecule has 0 radical (unpaired) electrons. The average Bonchev–Trinajstić information content (AvgIpc) is 2.96. The van der Waals surface area contributed by atoms with Crippen LogP contribution in [0.5, 0.6) is 0 Å². The van der Waals surface area contributed by atoms with Crippen LogP contribution in [-0.4, -0.2) is 29.0 Å². The van der Waals surface area contributed by atoms with Gasteiger partial charge in [-0.1, -0.05) is 44.4 Å². The molecule has 1 fully saturated rings. The average molecular weight is 325 g/mol. The van der Waals surface area contributed by atoms with E-state index in [2.05, 4.69) is 6.92 Å². The van der Waals surface area contributed by atoms with Gasteiger partial charge in [0.05, 0.1) is 5.41 Å². The predicted molar refractivity (Wildman–Crippen MR) is 89.7 cm³/mol. The van der Waals surface area contributed by atoms with Gasteiger partial charge in [-0.25, -0.2) is 0 Å². The molecule has 2 atom stereocenters. The third-order valence-corrected chi connectivity index (χ3v) is 6.01. The van der Waals surface area contributed by atoms with E-state index in [0.29, 0.717) is 18.5 Å². The Labute approximate surface area is 142 Å².